The molecule has 0 bridgehead atoms. The third-order valence-electron chi connectivity index (χ3n) is 1.82. The number of carbonyl (C=O) groups excluding carboxylic acids is 1. The number of ketones is 1. The molecule has 4 nitrogen and oxygen atoms in total. The number of alkyl halides is 3. The van der Waals surface area contributed by atoms with E-state index in [0.717, 1.165) is 0 Å². The maximum atomic E-state index is 13.2. The van der Waals surface area contributed by atoms with Crippen molar-refractivity contribution in [2.24, 2.45) is 5.10 Å². The van der Waals surface area contributed by atoms with Gasteiger partial charge < -0.3 is 0 Å². The molecule has 0 fully saturated rings. The van der Waals surface area contributed by atoms with Crippen LogP contribution in [0.3, 0.4) is 0 Å². The molecule has 1 N–H and O–H groups in total. The van der Waals surface area contributed by atoms with Crippen LogP contribution < -0.4 is 5.43 Å². The van der Waals surface area contributed by atoms with Gasteiger partial charge in [-0.1, -0.05) is 0 Å². The fourth-order valence-corrected chi connectivity index (χ4v) is 0.952. The summed E-state index contributed by atoms with van der Waals surface area (Å²) in [6, 6.07) is 2.44. The third-order valence-corrected chi connectivity index (χ3v) is 1.82. The van der Waals surface area contributed by atoms with Crippen LogP contribution in [-0.2, 0) is 4.79 Å². The van der Waals surface area contributed by atoms with Gasteiger partial charge in [0.15, 0.2) is 0 Å². The molecular weight excluding hydrogens is 273 g/mol. The number of Topliss-reactive ketones (excluding diaryl/α,β-unsaturated/α-hetero) is 1. The summed E-state index contributed by atoms with van der Waals surface area (Å²) in [5.74, 6) is -4.44. The smallest absolute Gasteiger partial charge is 0.283 e. The van der Waals surface area contributed by atoms with E-state index in [1.165, 1.54) is 6.07 Å². The molecule has 1 rings (SSSR count). The summed E-state index contributed by atoms with van der Waals surface area (Å²) in [4.78, 5) is 10.4. The number of anilines is 1. The number of halogens is 5. The first kappa shape index (κ1) is 14.6. The highest BCUT2D eigenvalue weighted by molar-refractivity contribution is 6.30. The second-order valence-electron chi connectivity index (χ2n) is 3.16. The number of benzene rings is 1. The Bertz CT molecular complexity index is 574. The summed E-state index contributed by atoms with van der Waals surface area (Å²) in [5, 5.41) is 11.2. The first-order valence-electron chi connectivity index (χ1n) is 4.55. The van der Waals surface area contributed by atoms with Crippen molar-refractivity contribution in [3.63, 3.8) is 0 Å². The van der Waals surface area contributed by atoms with Gasteiger partial charge in [0.05, 0.1) is 17.5 Å². The highest BCUT2D eigenvalue weighted by Crippen LogP contribution is 2.19. The number of hydrogen-bond donors (Lipinski definition) is 1. The second kappa shape index (κ2) is 5.43. The summed E-state index contributed by atoms with van der Waals surface area (Å²) in [6.07, 6.45) is -5.21. The fourth-order valence-electron chi connectivity index (χ4n) is 0.952. The lowest BCUT2D eigenvalue weighted by Crippen LogP contribution is -2.24. The van der Waals surface area contributed by atoms with Gasteiger partial charge in [-0.3, -0.25) is 10.2 Å². The van der Waals surface area contributed by atoms with Crippen LogP contribution in [0, 0.1) is 23.0 Å². The summed E-state index contributed by atoms with van der Waals surface area (Å²) >= 11 is 0. The average molecular weight is 277 g/mol. The minimum atomic E-state index is -5.10. The summed E-state index contributed by atoms with van der Waals surface area (Å²) in [5.41, 5.74) is 0.553. The SMILES string of the molecule is N#Cc1cc(F)c(N/N=C/C(=O)C(F)(F)F)cc1F. The molecule has 0 amide bonds. The van der Waals surface area contributed by atoms with E-state index in [0.29, 0.717) is 12.1 Å². The number of rotatable bonds is 3. The van der Waals surface area contributed by atoms with Crippen molar-refractivity contribution in [3.05, 3.63) is 29.3 Å². The van der Waals surface area contributed by atoms with E-state index in [1.54, 1.807) is 5.43 Å². The van der Waals surface area contributed by atoms with Gasteiger partial charge in [0.25, 0.3) is 5.78 Å². The predicted molar refractivity (Wildman–Crippen MR) is 54.2 cm³/mol. The van der Waals surface area contributed by atoms with Crippen LogP contribution in [0.4, 0.5) is 27.6 Å². The zero-order chi connectivity index (χ0) is 14.6. The van der Waals surface area contributed by atoms with Crippen LogP contribution in [0.1, 0.15) is 5.56 Å². The monoisotopic (exact) mass is 277 g/mol. The number of nitrogens with one attached hydrogen (secondary N) is 1. The van der Waals surface area contributed by atoms with Gasteiger partial charge in [-0.25, -0.2) is 8.78 Å². The Hall–Kier alpha value is -2.50. The molecule has 0 saturated heterocycles. The molecule has 1 aromatic carbocycles. The zero-order valence-electron chi connectivity index (χ0n) is 8.92. The molecule has 1 aromatic rings. The molecule has 0 heterocycles. The van der Waals surface area contributed by atoms with Crippen molar-refractivity contribution in [1.82, 2.24) is 0 Å². The van der Waals surface area contributed by atoms with Gasteiger partial charge in [0, 0.05) is 6.07 Å². The van der Waals surface area contributed by atoms with Gasteiger partial charge >= 0.3 is 6.18 Å². The van der Waals surface area contributed by atoms with Crippen LogP contribution in [-0.4, -0.2) is 18.2 Å². The summed E-state index contributed by atoms with van der Waals surface area (Å²) in [6.45, 7) is 0. The van der Waals surface area contributed by atoms with E-state index in [2.05, 4.69) is 5.10 Å². The molecule has 9 heteroatoms. The van der Waals surface area contributed by atoms with Crippen molar-refractivity contribution in [1.29, 1.82) is 5.26 Å². The molecular formula is C10H4F5N3O. The molecule has 0 aliphatic rings. The van der Waals surface area contributed by atoms with E-state index in [4.69, 9.17) is 5.26 Å². The van der Waals surface area contributed by atoms with E-state index >= 15 is 0 Å². The Labute approximate surface area is 103 Å². The van der Waals surface area contributed by atoms with E-state index in [1.807, 2.05) is 0 Å². The highest BCUT2D eigenvalue weighted by Gasteiger charge is 2.36. The Morgan fingerprint density at radius 1 is 1.32 bits per heavy atom. The first-order chi connectivity index (χ1) is 8.75. The lowest BCUT2D eigenvalue weighted by molar-refractivity contribution is -0.162. The van der Waals surface area contributed by atoms with Gasteiger partial charge in [-0.2, -0.15) is 23.5 Å². The Morgan fingerprint density at radius 2 is 1.95 bits per heavy atom. The van der Waals surface area contributed by atoms with E-state index in [-0.39, 0.29) is 6.21 Å². The van der Waals surface area contributed by atoms with Crippen LogP contribution in [0.2, 0.25) is 0 Å². The number of nitriles is 1. The maximum absolute atomic E-state index is 13.2. The molecule has 19 heavy (non-hydrogen) atoms. The lowest BCUT2D eigenvalue weighted by atomic mass is 10.2. The molecule has 0 spiro atoms. The maximum Gasteiger partial charge on any atom is 0.455 e. The first-order valence-corrected chi connectivity index (χ1v) is 4.55. The Balaban J connectivity index is 2.86. The van der Waals surface area contributed by atoms with Crippen LogP contribution in [0.5, 0.6) is 0 Å². The van der Waals surface area contributed by atoms with Crippen LogP contribution in [0.25, 0.3) is 0 Å². The molecule has 0 aliphatic heterocycles. The topological polar surface area (TPSA) is 65.2 Å². The van der Waals surface area contributed by atoms with Gasteiger partial charge in [0.1, 0.15) is 17.7 Å². The van der Waals surface area contributed by atoms with Crippen molar-refractivity contribution >= 4 is 17.7 Å². The number of hydrogen-bond acceptors (Lipinski definition) is 4. The number of nitrogens with zero attached hydrogens (tertiary/aromatic N) is 2. The molecule has 0 radical (unpaired) electrons. The van der Waals surface area contributed by atoms with Crippen LogP contribution in [0.15, 0.2) is 17.2 Å². The lowest BCUT2D eigenvalue weighted by Gasteiger charge is -2.03. The molecule has 0 unspecified atom stereocenters. The van der Waals surface area contributed by atoms with Crippen LogP contribution >= 0.6 is 0 Å². The zero-order valence-corrected chi connectivity index (χ0v) is 8.92. The summed E-state index contributed by atoms with van der Waals surface area (Å²) in [7, 11) is 0. The van der Waals surface area contributed by atoms with Crippen molar-refractivity contribution in [3.8, 4) is 6.07 Å². The standard InChI is InChI=1S/C10H4F5N3O/c11-6-2-8(7(12)1-5(6)3-16)18-17-4-9(19)10(13,14)15/h1-2,4,18H/b17-4+. The number of carbonyl (C=O) groups is 1. The molecule has 0 saturated carbocycles. The normalized spacial score (nSPS) is 11.4. The van der Waals surface area contributed by atoms with Gasteiger partial charge in [-0.05, 0) is 6.07 Å². The highest BCUT2D eigenvalue weighted by atomic mass is 19.4. The Kier molecular flexibility index (Phi) is 4.16. The summed E-state index contributed by atoms with van der Waals surface area (Å²) < 4.78 is 61.6. The van der Waals surface area contributed by atoms with Crippen molar-refractivity contribution < 1.29 is 26.7 Å². The van der Waals surface area contributed by atoms with Crippen molar-refractivity contribution in [2.45, 2.75) is 6.18 Å². The molecule has 0 atom stereocenters. The van der Waals surface area contributed by atoms with Gasteiger partial charge in [-0.15, -0.1) is 0 Å². The average Bonchev–Trinajstić information content (AvgIpc) is 2.31. The second-order valence-corrected chi connectivity index (χ2v) is 3.16. The molecule has 0 aromatic heterocycles. The minimum absolute atomic E-state index is 0.116. The predicted octanol–water partition coefficient (Wildman–Crippen LogP) is 2.37. The minimum Gasteiger partial charge on any atom is -0.283 e. The Morgan fingerprint density at radius 3 is 2.47 bits per heavy atom. The van der Waals surface area contributed by atoms with E-state index in [9.17, 15) is 26.7 Å². The fraction of sp³-hybridized carbons (Fsp3) is 0.100. The van der Waals surface area contributed by atoms with Crippen molar-refractivity contribution in [2.75, 3.05) is 5.43 Å². The molecule has 100 valence electrons. The molecule has 0 aliphatic carbocycles. The number of hydrazone groups is 1. The van der Waals surface area contributed by atoms with Gasteiger partial charge in [0.2, 0.25) is 0 Å². The van der Waals surface area contributed by atoms with E-state index < -0.39 is 34.8 Å². The quantitative estimate of drug-likeness (QED) is 0.524. The third kappa shape index (κ3) is 3.74. The largest absolute Gasteiger partial charge is 0.455 e.